The monoisotopic (exact) mass is 310 g/mol. The van der Waals surface area contributed by atoms with E-state index in [9.17, 15) is 14.9 Å². The third kappa shape index (κ3) is 2.10. The SMILES string of the molecule is O=C1Nc2ccccc2/C1=C\c1cc2c(cc1[N+](=O)[O-])OCO2. The molecule has 0 saturated carbocycles. The fourth-order valence-electron chi connectivity index (χ4n) is 2.66. The van der Waals surface area contributed by atoms with Crippen LogP contribution in [0.25, 0.3) is 11.6 Å². The van der Waals surface area contributed by atoms with Crippen LogP contribution >= 0.6 is 0 Å². The molecule has 0 radical (unpaired) electrons. The second kappa shape index (κ2) is 4.84. The van der Waals surface area contributed by atoms with Crippen molar-refractivity contribution in [3.63, 3.8) is 0 Å². The van der Waals surface area contributed by atoms with Crippen molar-refractivity contribution in [1.29, 1.82) is 0 Å². The highest BCUT2D eigenvalue weighted by Gasteiger charge is 2.27. The maximum Gasteiger partial charge on any atom is 0.280 e. The highest BCUT2D eigenvalue weighted by Crippen LogP contribution is 2.40. The van der Waals surface area contributed by atoms with Crippen LogP contribution in [0.3, 0.4) is 0 Å². The molecule has 0 aliphatic carbocycles. The van der Waals surface area contributed by atoms with Gasteiger partial charge in [0.15, 0.2) is 11.5 Å². The number of nitrogens with zero attached hydrogens (tertiary/aromatic N) is 1. The van der Waals surface area contributed by atoms with E-state index in [1.54, 1.807) is 18.2 Å². The Morgan fingerprint density at radius 3 is 2.70 bits per heavy atom. The van der Waals surface area contributed by atoms with Gasteiger partial charge in [-0.25, -0.2) is 0 Å². The van der Waals surface area contributed by atoms with Gasteiger partial charge in [-0.3, -0.25) is 14.9 Å². The minimum absolute atomic E-state index is 0.0236. The zero-order valence-electron chi connectivity index (χ0n) is 11.7. The summed E-state index contributed by atoms with van der Waals surface area (Å²) < 4.78 is 10.4. The smallest absolute Gasteiger partial charge is 0.280 e. The van der Waals surface area contributed by atoms with Gasteiger partial charge < -0.3 is 14.8 Å². The van der Waals surface area contributed by atoms with Gasteiger partial charge in [-0.15, -0.1) is 0 Å². The number of carbonyl (C=O) groups is 1. The fraction of sp³-hybridized carbons (Fsp3) is 0.0625. The molecular weight excluding hydrogens is 300 g/mol. The molecule has 0 atom stereocenters. The number of rotatable bonds is 2. The third-order valence-electron chi connectivity index (χ3n) is 3.73. The maximum absolute atomic E-state index is 12.1. The number of amides is 1. The van der Waals surface area contributed by atoms with Crippen LogP contribution in [-0.2, 0) is 4.79 Å². The van der Waals surface area contributed by atoms with Gasteiger partial charge >= 0.3 is 0 Å². The topological polar surface area (TPSA) is 90.7 Å². The number of anilines is 1. The number of carbonyl (C=O) groups excluding carboxylic acids is 1. The van der Waals surface area contributed by atoms with Crippen molar-refractivity contribution in [2.24, 2.45) is 0 Å². The second-order valence-electron chi connectivity index (χ2n) is 5.08. The van der Waals surface area contributed by atoms with Gasteiger partial charge in [-0.2, -0.15) is 0 Å². The molecular formula is C16H10N2O5. The van der Waals surface area contributed by atoms with Crippen molar-refractivity contribution < 1.29 is 19.2 Å². The molecule has 7 nitrogen and oxygen atoms in total. The highest BCUT2D eigenvalue weighted by molar-refractivity contribution is 6.35. The summed E-state index contributed by atoms with van der Waals surface area (Å²) in [4.78, 5) is 22.9. The lowest BCUT2D eigenvalue weighted by Gasteiger charge is -2.02. The molecule has 2 aliphatic rings. The maximum atomic E-state index is 12.1. The Bertz CT molecular complexity index is 888. The summed E-state index contributed by atoms with van der Waals surface area (Å²) in [6.07, 6.45) is 1.50. The van der Waals surface area contributed by atoms with E-state index in [-0.39, 0.29) is 18.4 Å². The number of hydrogen-bond donors (Lipinski definition) is 1. The molecule has 0 spiro atoms. The van der Waals surface area contributed by atoms with Gasteiger partial charge in [-0.05, 0) is 18.2 Å². The number of para-hydroxylation sites is 1. The van der Waals surface area contributed by atoms with Crippen molar-refractivity contribution in [3.8, 4) is 11.5 Å². The molecule has 114 valence electrons. The van der Waals surface area contributed by atoms with Crippen LogP contribution in [0.1, 0.15) is 11.1 Å². The van der Waals surface area contributed by atoms with Gasteiger partial charge in [0.25, 0.3) is 11.6 Å². The molecule has 0 saturated heterocycles. The van der Waals surface area contributed by atoms with Gasteiger partial charge in [-0.1, -0.05) is 18.2 Å². The zero-order valence-corrected chi connectivity index (χ0v) is 11.7. The molecule has 1 N–H and O–H groups in total. The van der Waals surface area contributed by atoms with Crippen molar-refractivity contribution in [2.75, 3.05) is 12.1 Å². The van der Waals surface area contributed by atoms with E-state index < -0.39 is 4.92 Å². The summed E-state index contributed by atoms with van der Waals surface area (Å²) in [5.41, 5.74) is 1.93. The zero-order chi connectivity index (χ0) is 16.0. The Morgan fingerprint density at radius 1 is 1.17 bits per heavy atom. The predicted molar refractivity (Wildman–Crippen MR) is 82.2 cm³/mol. The van der Waals surface area contributed by atoms with Gasteiger partial charge in [0.05, 0.1) is 16.6 Å². The van der Waals surface area contributed by atoms with Gasteiger partial charge in [0.2, 0.25) is 6.79 Å². The van der Waals surface area contributed by atoms with Crippen LogP contribution in [0.5, 0.6) is 11.5 Å². The summed E-state index contributed by atoms with van der Waals surface area (Å²) in [6, 6.07) is 10.0. The van der Waals surface area contributed by atoms with Crippen LogP contribution in [-0.4, -0.2) is 17.6 Å². The van der Waals surface area contributed by atoms with Crippen LogP contribution in [0.15, 0.2) is 36.4 Å². The van der Waals surface area contributed by atoms with Crippen molar-refractivity contribution in [1.82, 2.24) is 0 Å². The lowest BCUT2D eigenvalue weighted by atomic mass is 10.0. The van der Waals surface area contributed by atoms with E-state index in [4.69, 9.17) is 9.47 Å². The Labute approximate surface area is 130 Å². The molecule has 2 aromatic rings. The number of nitro benzene ring substituents is 1. The molecule has 0 bridgehead atoms. The fourth-order valence-corrected chi connectivity index (χ4v) is 2.66. The first kappa shape index (κ1) is 13.3. The van der Waals surface area contributed by atoms with E-state index >= 15 is 0 Å². The Balaban J connectivity index is 1.89. The van der Waals surface area contributed by atoms with Gasteiger partial charge in [0, 0.05) is 16.8 Å². The predicted octanol–water partition coefficient (Wildman–Crippen LogP) is 2.82. The number of nitrogens with one attached hydrogen (secondary N) is 1. The number of fused-ring (bicyclic) bond motifs is 2. The molecule has 0 fully saturated rings. The van der Waals surface area contributed by atoms with Crippen molar-refractivity contribution >= 4 is 28.9 Å². The first-order chi connectivity index (χ1) is 11.1. The van der Waals surface area contributed by atoms with Crippen LogP contribution < -0.4 is 14.8 Å². The molecule has 2 aliphatic heterocycles. The first-order valence-corrected chi connectivity index (χ1v) is 6.84. The number of ether oxygens (including phenoxy) is 2. The molecule has 2 heterocycles. The first-order valence-electron chi connectivity index (χ1n) is 6.84. The highest BCUT2D eigenvalue weighted by atomic mass is 16.7. The lowest BCUT2D eigenvalue weighted by molar-refractivity contribution is -0.385. The molecule has 1 amide bonds. The quantitative estimate of drug-likeness (QED) is 0.523. The van der Waals surface area contributed by atoms with Crippen molar-refractivity contribution in [2.45, 2.75) is 0 Å². The number of nitro groups is 1. The largest absolute Gasteiger partial charge is 0.454 e. The average Bonchev–Trinajstić information content (AvgIpc) is 3.11. The number of hydrogen-bond acceptors (Lipinski definition) is 5. The van der Waals surface area contributed by atoms with E-state index in [0.717, 1.165) is 0 Å². The molecule has 4 rings (SSSR count). The standard InChI is InChI=1S/C16H10N2O5/c19-16-11(10-3-1-2-4-12(10)17-16)5-9-6-14-15(23-8-22-14)7-13(9)18(20)21/h1-7H,8H2,(H,17,19)/b11-5+. The van der Waals surface area contributed by atoms with Crippen LogP contribution in [0.2, 0.25) is 0 Å². The minimum Gasteiger partial charge on any atom is -0.454 e. The Morgan fingerprint density at radius 2 is 1.91 bits per heavy atom. The normalized spacial score (nSPS) is 16.3. The van der Waals surface area contributed by atoms with Crippen LogP contribution in [0, 0.1) is 10.1 Å². The number of benzene rings is 2. The molecule has 23 heavy (non-hydrogen) atoms. The Kier molecular flexibility index (Phi) is 2.80. The lowest BCUT2D eigenvalue weighted by Crippen LogP contribution is -2.03. The van der Waals surface area contributed by atoms with E-state index in [0.29, 0.717) is 33.9 Å². The summed E-state index contributed by atoms with van der Waals surface area (Å²) in [7, 11) is 0. The van der Waals surface area contributed by atoms with Crippen LogP contribution in [0.4, 0.5) is 11.4 Å². The average molecular weight is 310 g/mol. The second-order valence-corrected chi connectivity index (χ2v) is 5.08. The minimum atomic E-state index is -0.507. The molecule has 7 heteroatoms. The van der Waals surface area contributed by atoms with E-state index in [2.05, 4.69) is 5.32 Å². The summed E-state index contributed by atoms with van der Waals surface area (Å²) >= 11 is 0. The molecule has 2 aromatic carbocycles. The Hall–Kier alpha value is -3.35. The summed E-state index contributed by atoms with van der Waals surface area (Å²) in [6.45, 7) is 0.0236. The third-order valence-corrected chi connectivity index (χ3v) is 3.73. The summed E-state index contributed by atoms with van der Waals surface area (Å²) in [5, 5.41) is 14.0. The van der Waals surface area contributed by atoms with E-state index in [1.165, 1.54) is 18.2 Å². The summed E-state index contributed by atoms with van der Waals surface area (Å²) in [5.74, 6) is 0.461. The molecule has 0 unspecified atom stereocenters. The van der Waals surface area contributed by atoms with E-state index in [1.807, 2.05) is 6.07 Å². The van der Waals surface area contributed by atoms with Crippen molar-refractivity contribution in [3.05, 3.63) is 57.6 Å². The molecule has 0 aromatic heterocycles. The van der Waals surface area contributed by atoms with Gasteiger partial charge in [0.1, 0.15) is 0 Å².